The van der Waals surface area contributed by atoms with E-state index in [1.54, 1.807) is 6.20 Å². The number of rotatable bonds is 6. The largest absolute Gasteiger partial charge is 0.330 e. The van der Waals surface area contributed by atoms with E-state index in [-0.39, 0.29) is 11.8 Å². The number of amides is 1. The van der Waals surface area contributed by atoms with Crippen LogP contribution in [0.25, 0.3) is 0 Å². The average Bonchev–Trinajstić information content (AvgIpc) is 2.62. The smallest absolute Gasteiger partial charge is 0.226 e. The van der Waals surface area contributed by atoms with E-state index < -0.39 is 0 Å². The number of aromatic nitrogens is 1. The predicted molar refractivity (Wildman–Crippen MR) is 72.1 cm³/mol. The molecule has 0 saturated heterocycles. The van der Waals surface area contributed by atoms with Gasteiger partial charge in [0, 0.05) is 17.5 Å². The Balaban J connectivity index is 2.42. The van der Waals surface area contributed by atoms with Crippen LogP contribution in [0.15, 0.2) is 6.20 Å². The van der Waals surface area contributed by atoms with Gasteiger partial charge in [0.1, 0.15) is 0 Å². The first-order valence-electron chi connectivity index (χ1n) is 5.93. The third-order valence-electron chi connectivity index (χ3n) is 2.48. The SMILES string of the molecule is Cc1cnc(NC(=O)CC(CN)CC(C)C)s1. The van der Waals surface area contributed by atoms with Gasteiger partial charge in [0.15, 0.2) is 5.13 Å². The van der Waals surface area contributed by atoms with Gasteiger partial charge in [-0.2, -0.15) is 0 Å². The van der Waals surface area contributed by atoms with Gasteiger partial charge in [0.25, 0.3) is 0 Å². The molecule has 0 radical (unpaired) electrons. The lowest BCUT2D eigenvalue weighted by molar-refractivity contribution is -0.117. The summed E-state index contributed by atoms with van der Waals surface area (Å²) in [6.07, 6.45) is 3.23. The van der Waals surface area contributed by atoms with Gasteiger partial charge in [-0.25, -0.2) is 4.98 Å². The normalized spacial score (nSPS) is 12.8. The van der Waals surface area contributed by atoms with Crippen molar-refractivity contribution in [3.63, 3.8) is 0 Å². The van der Waals surface area contributed by atoms with Crippen molar-refractivity contribution in [1.82, 2.24) is 4.98 Å². The third kappa shape index (κ3) is 5.28. The molecule has 0 aliphatic heterocycles. The molecule has 1 aromatic rings. The van der Waals surface area contributed by atoms with Crippen LogP contribution in [0.3, 0.4) is 0 Å². The number of nitrogens with one attached hydrogen (secondary N) is 1. The molecule has 1 heterocycles. The van der Waals surface area contributed by atoms with Gasteiger partial charge >= 0.3 is 0 Å². The van der Waals surface area contributed by atoms with Gasteiger partial charge in [-0.15, -0.1) is 11.3 Å². The average molecular weight is 255 g/mol. The van der Waals surface area contributed by atoms with E-state index in [1.807, 2.05) is 6.92 Å². The van der Waals surface area contributed by atoms with E-state index in [1.165, 1.54) is 11.3 Å². The molecule has 1 unspecified atom stereocenters. The Morgan fingerprint density at radius 3 is 2.76 bits per heavy atom. The zero-order valence-electron chi connectivity index (χ0n) is 10.7. The quantitative estimate of drug-likeness (QED) is 0.820. The second-order valence-electron chi connectivity index (χ2n) is 4.76. The molecule has 0 aliphatic rings. The van der Waals surface area contributed by atoms with Crippen LogP contribution in [-0.2, 0) is 4.79 Å². The minimum Gasteiger partial charge on any atom is -0.330 e. The molecule has 1 atom stereocenters. The highest BCUT2D eigenvalue weighted by Gasteiger charge is 2.14. The van der Waals surface area contributed by atoms with Gasteiger partial charge in [0.2, 0.25) is 5.91 Å². The number of thiazole rings is 1. The van der Waals surface area contributed by atoms with E-state index in [9.17, 15) is 4.79 Å². The van der Waals surface area contributed by atoms with Crippen molar-refractivity contribution < 1.29 is 4.79 Å². The van der Waals surface area contributed by atoms with Gasteiger partial charge < -0.3 is 11.1 Å². The van der Waals surface area contributed by atoms with Crippen molar-refractivity contribution in [3.8, 4) is 0 Å². The second-order valence-corrected chi connectivity index (χ2v) is 5.99. The molecule has 3 N–H and O–H groups in total. The summed E-state index contributed by atoms with van der Waals surface area (Å²) in [6.45, 7) is 6.81. The number of anilines is 1. The fourth-order valence-electron chi connectivity index (χ4n) is 1.77. The summed E-state index contributed by atoms with van der Waals surface area (Å²) < 4.78 is 0. The molecular formula is C12H21N3OS. The first-order valence-corrected chi connectivity index (χ1v) is 6.75. The van der Waals surface area contributed by atoms with E-state index in [0.717, 1.165) is 11.3 Å². The van der Waals surface area contributed by atoms with Crippen LogP contribution < -0.4 is 11.1 Å². The van der Waals surface area contributed by atoms with Crippen molar-refractivity contribution in [3.05, 3.63) is 11.1 Å². The van der Waals surface area contributed by atoms with Crippen molar-refractivity contribution in [1.29, 1.82) is 0 Å². The number of carbonyl (C=O) groups excluding carboxylic acids is 1. The molecule has 1 aromatic heterocycles. The minimum absolute atomic E-state index is 0.00968. The molecule has 0 aromatic carbocycles. The van der Waals surface area contributed by atoms with Crippen LogP contribution in [0.2, 0.25) is 0 Å². The van der Waals surface area contributed by atoms with E-state index in [0.29, 0.717) is 24.0 Å². The fourth-order valence-corrected chi connectivity index (χ4v) is 2.46. The van der Waals surface area contributed by atoms with Crippen molar-refractivity contribution in [2.24, 2.45) is 17.6 Å². The highest BCUT2D eigenvalue weighted by molar-refractivity contribution is 7.15. The number of hydrogen-bond donors (Lipinski definition) is 2. The molecule has 0 aliphatic carbocycles. The summed E-state index contributed by atoms with van der Waals surface area (Å²) in [5.41, 5.74) is 5.67. The Kier molecular flexibility index (Phi) is 5.58. The Labute approximate surface area is 107 Å². The maximum Gasteiger partial charge on any atom is 0.226 e. The van der Waals surface area contributed by atoms with Crippen LogP contribution in [0.4, 0.5) is 5.13 Å². The number of carbonyl (C=O) groups is 1. The fraction of sp³-hybridized carbons (Fsp3) is 0.667. The molecule has 0 bridgehead atoms. The maximum absolute atomic E-state index is 11.8. The van der Waals surface area contributed by atoms with Crippen LogP contribution in [0, 0.1) is 18.8 Å². The zero-order valence-corrected chi connectivity index (χ0v) is 11.5. The Bertz CT molecular complexity index is 362. The van der Waals surface area contributed by atoms with Crippen LogP contribution >= 0.6 is 11.3 Å². The Hall–Kier alpha value is -0.940. The Morgan fingerprint density at radius 1 is 1.59 bits per heavy atom. The van der Waals surface area contributed by atoms with Crippen molar-refractivity contribution >= 4 is 22.4 Å². The summed E-state index contributed by atoms with van der Waals surface area (Å²) in [7, 11) is 0. The van der Waals surface area contributed by atoms with E-state index >= 15 is 0 Å². The highest BCUT2D eigenvalue weighted by atomic mass is 32.1. The number of hydrogen-bond acceptors (Lipinski definition) is 4. The monoisotopic (exact) mass is 255 g/mol. The van der Waals surface area contributed by atoms with E-state index in [4.69, 9.17) is 5.73 Å². The highest BCUT2D eigenvalue weighted by Crippen LogP contribution is 2.19. The van der Waals surface area contributed by atoms with E-state index in [2.05, 4.69) is 24.1 Å². The third-order valence-corrected chi connectivity index (χ3v) is 3.31. The molecule has 1 rings (SSSR count). The molecule has 96 valence electrons. The lowest BCUT2D eigenvalue weighted by Gasteiger charge is -2.15. The lowest BCUT2D eigenvalue weighted by atomic mass is 9.94. The zero-order chi connectivity index (χ0) is 12.8. The summed E-state index contributed by atoms with van der Waals surface area (Å²) in [5, 5.41) is 3.49. The molecule has 5 heteroatoms. The first kappa shape index (κ1) is 14.1. The molecule has 0 spiro atoms. The van der Waals surface area contributed by atoms with Gasteiger partial charge in [0.05, 0.1) is 0 Å². The molecule has 4 nitrogen and oxygen atoms in total. The Morgan fingerprint density at radius 2 is 2.29 bits per heavy atom. The first-order chi connectivity index (χ1) is 8.01. The van der Waals surface area contributed by atoms with Crippen molar-refractivity contribution in [2.45, 2.75) is 33.6 Å². The number of nitrogens with two attached hydrogens (primary N) is 1. The molecular weight excluding hydrogens is 234 g/mol. The molecule has 0 fully saturated rings. The molecule has 0 saturated carbocycles. The number of aryl methyl sites for hydroxylation is 1. The van der Waals surface area contributed by atoms with Gasteiger partial charge in [-0.3, -0.25) is 4.79 Å². The van der Waals surface area contributed by atoms with Gasteiger partial charge in [-0.05, 0) is 31.7 Å². The predicted octanol–water partition coefficient (Wildman–Crippen LogP) is 2.40. The molecule has 1 amide bonds. The summed E-state index contributed by atoms with van der Waals surface area (Å²) in [4.78, 5) is 17.0. The molecule has 17 heavy (non-hydrogen) atoms. The summed E-state index contributed by atoms with van der Waals surface area (Å²) in [6, 6.07) is 0. The van der Waals surface area contributed by atoms with Gasteiger partial charge in [-0.1, -0.05) is 13.8 Å². The maximum atomic E-state index is 11.8. The standard InChI is InChI=1S/C12H21N3OS/c1-8(2)4-10(6-13)5-11(16)15-12-14-7-9(3)17-12/h7-8,10H,4-6,13H2,1-3H3,(H,14,15,16). The lowest BCUT2D eigenvalue weighted by Crippen LogP contribution is -2.23. The summed E-state index contributed by atoms with van der Waals surface area (Å²) >= 11 is 1.49. The van der Waals surface area contributed by atoms with Crippen molar-refractivity contribution in [2.75, 3.05) is 11.9 Å². The minimum atomic E-state index is 0.00968. The topological polar surface area (TPSA) is 68.0 Å². The van der Waals surface area contributed by atoms with Crippen LogP contribution in [0.5, 0.6) is 0 Å². The van der Waals surface area contributed by atoms with Crippen LogP contribution in [0.1, 0.15) is 31.6 Å². The second kappa shape index (κ2) is 6.71. The van der Waals surface area contributed by atoms with Crippen LogP contribution in [-0.4, -0.2) is 17.4 Å². The summed E-state index contributed by atoms with van der Waals surface area (Å²) in [5.74, 6) is 0.838. The number of nitrogens with zero attached hydrogens (tertiary/aromatic N) is 1.